The average molecular weight is 852 g/mol. The molecule has 8 heteroatoms. The number of allylic oxidation sites excluding steroid dienone is 14. The highest BCUT2D eigenvalue weighted by Crippen LogP contribution is 2.13. The van der Waals surface area contributed by atoms with Gasteiger partial charge in [-0.1, -0.05) is 157 Å². The van der Waals surface area contributed by atoms with Gasteiger partial charge < -0.3 is 28.6 Å². The maximum absolute atomic E-state index is 12.7. The summed E-state index contributed by atoms with van der Waals surface area (Å²) in [6.07, 6.45) is 56.1. The molecule has 0 rings (SSSR count). The fourth-order valence-corrected chi connectivity index (χ4v) is 6.54. The topological polar surface area (TPSA) is 102 Å². The number of carbonyl (C=O) groups excluding carboxylic acids is 3. The highest BCUT2D eigenvalue weighted by Gasteiger charge is 2.25. The summed E-state index contributed by atoms with van der Waals surface area (Å²) in [6.45, 7) is 4.48. The number of hydrogen-bond acceptors (Lipinski definition) is 7. The first-order valence-corrected chi connectivity index (χ1v) is 24.1. The molecule has 0 amide bonds. The van der Waals surface area contributed by atoms with E-state index < -0.39 is 18.1 Å². The van der Waals surface area contributed by atoms with Gasteiger partial charge in [-0.15, -0.1) is 0 Å². The number of nitrogens with zero attached hydrogens (tertiary/aromatic N) is 1. The van der Waals surface area contributed by atoms with Gasteiger partial charge in [0, 0.05) is 19.3 Å². The van der Waals surface area contributed by atoms with Gasteiger partial charge in [-0.3, -0.25) is 9.59 Å². The largest absolute Gasteiger partial charge is 0.544 e. The van der Waals surface area contributed by atoms with E-state index in [0.29, 0.717) is 12.8 Å². The second-order valence-electron chi connectivity index (χ2n) is 17.0. The molecule has 61 heavy (non-hydrogen) atoms. The van der Waals surface area contributed by atoms with Crippen molar-refractivity contribution in [2.45, 2.75) is 193 Å². The highest BCUT2D eigenvalue weighted by molar-refractivity contribution is 5.70. The van der Waals surface area contributed by atoms with Crippen LogP contribution in [0.4, 0.5) is 0 Å². The van der Waals surface area contributed by atoms with Crippen LogP contribution < -0.4 is 5.11 Å². The van der Waals surface area contributed by atoms with Gasteiger partial charge in [-0.05, 0) is 89.9 Å². The van der Waals surface area contributed by atoms with Gasteiger partial charge in [-0.2, -0.15) is 0 Å². The zero-order chi connectivity index (χ0) is 44.9. The van der Waals surface area contributed by atoms with Crippen LogP contribution in [0.15, 0.2) is 85.1 Å². The predicted octanol–water partition coefficient (Wildman–Crippen LogP) is 12.4. The van der Waals surface area contributed by atoms with Gasteiger partial charge in [0.15, 0.2) is 6.10 Å². The Morgan fingerprint density at radius 1 is 0.508 bits per heavy atom. The lowest BCUT2D eigenvalue weighted by Gasteiger charge is -2.34. The van der Waals surface area contributed by atoms with Gasteiger partial charge in [0.2, 0.25) is 0 Å². The van der Waals surface area contributed by atoms with Gasteiger partial charge in [0.1, 0.15) is 12.6 Å². The number of carboxylic acids is 1. The van der Waals surface area contributed by atoms with E-state index >= 15 is 0 Å². The van der Waals surface area contributed by atoms with Gasteiger partial charge in [0.25, 0.3) is 0 Å². The summed E-state index contributed by atoms with van der Waals surface area (Å²) in [4.78, 5) is 36.9. The van der Waals surface area contributed by atoms with Crippen LogP contribution in [-0.2, 0) is 28.6 Å². The van der Waals surface area contributed by atoms with E-state index in [1.165, 1.54) is 57.8 Å². The summed E-state index contributed by atoms with van der Waals surface area (Å²) >= 11 is 0. The molecule has 0 aromatic heterocycles. The molecule has 2 unspecified atom stereocenters. The molecule has 0 spiro atoms. The monoisotopic (exact) mass is 852 g/mol. The lowest BCUT2D eigenvalue weighted by Crippen LogP contribution is -2.55. The van der Waals surface area contributed by atoms with Crippen LogP contribution in [0.25, 0.3) is 0 Å². The predicted molar refractivity (Wildman–Crippen MR) is 254 cm³/mol. The Kier molecular flexibility index (Phi) is 40.7. The molecule has 348 valence electrons. The molecule has 0 bridgehead atoms. The van der Waals surface area contributed by atoms with E-state index in [2.05, 4.69) is 98.9 Å². The zero-order valence-corrected chi connectivity index (χ0v) is 39.5. The third-order valence-electron chi connectivity index (χ3n) is 10.3. The lowest BCUT2D eigenvalue weighted by molar-refractivity contribution is -0.889. The average Bonchev–Trinajstić information content (AvgIpc) is 3.22. The molecule has 0 aromatic carbocycles. The van der Waals surface area contributed by atoms with E-state index in [9.17, 15) is 19.5 Å². The first-order valence-electron chi connectivity index (χ1n) is 24.1. The van der Waals surface area contributed by atoms with Crippen LogP contribution in [-0.4, -0.2) is 75.5 Å². The van der Waals surface area contributed by atoms with Gasteiger partial charge in [-0.25, -0.2) is 0 Å². The van der Waals surface area contributed by atoms with Gasteiger partial charge >= 0.3 is 11.9 Å². The molecule has 0 N–H and O–H groups in total. The summed E-state index contributed by atoms with van der Waals surface area (Å²) in [6, 6.07) is -0.740. The SMILES string of the molecule is CC/C=C/C/C=C/C/C=C/C/C=C/C/C=C/C/C=C/CCCCC(=O)OC(COCCC(C(=O)[O-])[N+](C)(C)C)COC(=O)CCCCCCC/C=C/CCCCCCCCC. The number of unbranched alkanes of at least 4 members (excludes halogenated alkanes) is 14. The number of esters is 2. The van der Waals surface area contributed by atoms with Crippen LogP contribution in [0.3, 0.4) is 0 Å². The molecule has 0 radical (unpaired) electrons. The van der Waals surface area contributed by atoms with Crippen molar-refractivity contribution >= 4 is 17.9 Å². The minimum atomic E-state index is -1.14. The number of aliphatic carboxylic acids is 1. The minimum Gasteiger partial charge on any atom is -0.544 e. The number of quaternary nitrogens is 1. The molecule has 8 nitrogen and oxygen atoms in total. The van der Waals surface area contributed by atoms with Crippen molar-refractivity contribution in [2.75, 3.05) is 41.0 Å². The second-order valence-corrected chi connectivity index (χ2v) is 17.0. The molecule has 0 aliphatic carbocycles. The highest BCUT2D eigenvalue weighted by atomic mass is 16.6. The number of carbonyl (C=O) groups is 3. The maximum atomic E-state index is 12.7. The van der Waals surface area contributed by atoms with Crippen LogP contribution in [0, 0.1) is 0 Å². The van der Waals surface area contributed by atoms with Gasteiger partial charge in [0.05, 0.1) is 40.3 Å². The summed E-state index contributed by atoms with van der Waals surface area (Å²) in [7, 11) is 5.38. The summed E-state index contributed by atoms with van der Waals surface area (Å²) in [5.74, 6) is -1.81. The first kappa shape index (κ1) is 57.5. The molecular formula is C53H89NO7. The van der Waals surface area contributed by atoms with E-state index in [1.807, 2.05) is 0 Å². The fourth-order valence-electron chi connectivity index (χ4n) is 6.54. The Balaban J connectivity index is 4.42. The number of rotatable bonds is 42. The molecular weight excluding hydrogens is 763 g/mol. The van der Waals surface area contributed by atoms with E-state index in [4.69, 9.17) is 14.2 Å². The Labute approximate surface area is 373 Å². The standard InChI is InChI=1S/C53H89NO7/c1-6-8-10-12-14-16-18-20-22-24-25-26-27-28-30-32-34-36-38-40-42-44-52(56)61-49(47-59-46-45-50(53(57)58)54(3,4)5)48-60-51(55)43-41-39-37-35-33-31-29-23-21-19-17-15-13-11-9-7-2/h8,10,14,16,20,22-23,25-26,28-30,34,36,49-50H,6-7,9,11-13,15,17-19,21,24,27,31-33,35,37-48H2,1-5H3/b10-8+,16-14+,22-20+,26-25+,29-23+,30-28+,36-34+. The molecule has 0 heterocycles. The van der Waals surface area contributed by atoms with Crippen LogP contribution in [0.5, 0.6) is 0 Å². The lowest BCUT2D eigenvalue weighted by atomic mass is 10.1. The van der Waals surface area contributed by atoms with Crippen molar-refractivity contribution in [1.82, 2.24) is 0 Å². The van der Waals surface area contributed by atoms with Crippen molar-refractivity contribution in [3.05, 3.63) is 85.1 Å². The molecule has 0 saturated carbocycles. The number of carboxylic acid groups (broad SMARTS) is 1. The third kappa shape index (κ3) is 41.6. The van der Waals surface area contributed by atoms with Crippen molar-refractivity contribution in [3.63, 3.8) is 0 Å². The first-order chi connectivity index (χ1) is 29.6. The second kappa shape index (κ2) is 43.2. The van der Waals surface area contributed by atoms with Crippen molar-refractivity contribution in [2.24, 2.45) is 0 Å². The molecule has 2 atom stereocenters. The van der Waals surface area contributed by atoms with Crippen molar-refractivity contribution in [3.8, 4) is 0 Å². The Morgan fingerprint density at radius 2 is 0.918 bits per heavy atom. The number of ether oxygens (including phenoxy) is 3. The molecule has 0 fully saturated rings. The zero-order valence-electron chi connectivity index (χ0n) is 39.5. The molecule has 0 aliphatic rings. The van der Waals surface area contributed by atoms with Crippen LogP contribution >= 0.6 is 0 Å². The quantitative estimate of drug-likeness (QED) is 0.0261. The molecule has 0 aromatic rings. The van der Waals surface area contributed by atoms with Crippen molar-refractivity contribution < 1.29 is 38.2 Å². The normalized spacial score (nSPS) is 13.7. The number of hydrogen-bond donors (Lipinski definition) is 0. The van der Waals surface area contributed by atoms with E-state index in [-0.39, 0.29) is 49.1 Å². The Hall–Kier alpha value is -3.49. The molecule has 0 aliphatic heterocycles. The summed E-state index contributed by atoms with van der Waals surface area (Å²) in [5.41, 5.74) is 0. The molecule has 0 saturated heterocycles. The fraction of sp³-hybridized carbons (Fsp3) is 0.679. The summed E-state index contributed by atoms with van der Waals surface area (Å²) in [5, 5.41) is 11.6. The van der Waals surface area contributed by atoms with E-state index in [0.717, 1.165) is 83.5 Å². The summed E-state index contributed by atoms with van der Waals surface area (Å²) < 4.78 is 17.1. The van der Waals surface area contributed by atoms with E-state index in [1.54, 1.807) is 21.1 Å². The Morgan fingerprint density at radius 3 is 1.41 bits per heavy atom. The van der Waals surface area contributed by atoms with Crippen molar-refractivity contribution in [1.29, 1.82) is 0 Å². The number of likely N-dealkylation sites (N-methyl/N-ethyl adjacent to an activating group) is 1. The minimum absolute atomic E-state index is 0.0158. The smallest absolute Gasteiger partial charge is 0.306 e. The maximum Gasteiger partial charge on any atom is 0.306 e. The van der Waals surface area contributed by atoms with Crippen LogP contribution in [0.1, 0.15) is 181 Å². The van der Waals surface area contributed by atoms with Crippen LogP contribution in [0.2, 0.25) is 0 Å². The Bertz CT molecular complexity index is 1270. The third-order valence-corrected chi connectivity index (χ3v) is 10.3.